The highest BCUT2D eigenvalue weighted by atomic mass is 16.5. The maximum atomic E-state index is 5.65. The maximum absolute atomic E-state index is 5.65. The summed E-state index contributed by atoms with van der Waals surface area (Å²) in [6.45, 7) is 5.16. The molecule has 0 fully saturated rings. The molecule has 1 aliphatic heterocycles. The van der Waals surface area contributed by atoms with E-state index >= 15 is 0 Å². The predicted molar refractivity (Wildman–Crippen MR) is 62.8 cm³/mol. The van der Waals surface area contributed by atoms with Crippen LogP contribution in [-0.2, 0) is 4.74 Å². The van der Waals surface area contributed by atoms with E-state index in [1.54, 1.807) is 0 Å². The molecule has 0 saturated heterocycles. The monoisotopic (exact) mass is 220 g/mol. The molecule has 4 nitrogen and oxygen atoms in total. The van der Waals surface area contributed by atoms with Gasteiger partial charge in [-0.05, 0) is 37.1 Å². The molecule has 0 amide bonds. The molecule has 1 heterocycles. The fraction of sp³-hybridized carbons (Fsp3) is 0.417. The molecule has 4 heteroatoms. The van der Waals surface area contributed by atoms with E-state index < -0.39 is 0 Å². The minimum Gasteiger partial charge on any atom is -0.490 e. The highest BCUT2D eigenvalue weighted by molar-refractivity contribution is 5.73. The Balaban J connectivity index is 1.90. The minimum atomic E-state index is -0.0548. The van der Waals surface area contributed by atoms with E-state index in [1.807, 2.05) is 26.0 Å². The Morgan fingerprint density at radius 1 is 1.38 bits per heavy atom. The molecule has 2 N–H and O–H groups in total. The standard InChI is InChI=1S/C12H16N2O2/c1-8-3-9(2)5-10(4-8)15-7-11-6-14-12(13)16-11/h3-5,11H,6-7H2,1-2H3,(H2,13,14). The van der Waals surface area contributed by atoms with E-state index in [9.17, 15) is 0 Å². The fourth-order valence-electron chi connectivity index (χ4n) is 1.73. The highest BCUT2D eigenvalue weighted by Gasteiger charge is 2.18. The summed E-state index contributed by atoms with van der Waals surface area (Å²) in [5.41, 5.74) is 7.80. The molecule has 2 rings (SSSR count). The summed E-state index contributed by atoms with van der Waals surface area (Å²) in [4.78, 5) is 3.96. The molecule has 1 aliphatic rings. The van der Waals surface area contributed by atoms with Gasteiger partial charge in [0.2, 0.25) is 0 Å². The van der Waals surface area contributed by atoms with Gasteiger partial charge >= 0.3 is 0 Å². The number of hydrogen-bond donors (Lipinski definition) is 1. The summed E-state index contributed by atoms with van der Waals surface area (Å²) >= 11 is 0. The molecule has 0 saturated carbocycles. The first-order valence-electron chi connectivity index (χ1n) is 5.31. The lowest BCUT2D eigenvalue weighted by Gasteiger charge is -2.12. The van der Waals surface area contributed by atoms with Crippen molar-refractivity contribution in [2.75, 3.05) is 13.2 Å². The van der Waals surface area contributed by atoms with Crippen molar-refractivity contribution >= 4 is 6.02 Å². The Hall–Kier alpha value is -1.71. The number of hydrogen-bond acceptors (Lipinski definition) is 4. The van der Waals surface area contributed by atoms with Gasteiger partial charge in [-0.15, -0.1) is 0 Å². The molecule has 16 heavy (non-hydrogen) atoms. The van der Waals surface area contributed by atoms with Gasteiger partial charge in [0, 0.05) is 0 Å². The van der Waals surface area contributed by atoms with E-state index in [-0.39, 0.29) is 12.1 Å². The molecule has 0 aromatic heterocycles. The van der Waals surface area contributed by atoms with E-state index in [0.29, 0.717) is 13.2 Å². The lowest BCUT2D eigenvalue weighted by molar-refractivity contribution is 0.141. The van der Waals surface area contributed by atoms with Gasteiger partial charge in [-0.3, -0.25) is 0 Å². The zero-order valence-corrected chi connectivity index (χ0v) is 9.56. The van der Waals surface area contributed by atoms with Crippen LogP contribution < -0.4 is 10.5 Å². The van der Waals surface area contributed by atoms with Crippen LogP contribution in [0.2, 0.25) is 0 Å². The molecule has 1 atom stereocenters. The zero-order valence-electron chi connectivity index (χ0n) is 9.56. The first-order valence-corrected chi connectivity index (χ1v) is 5.31. The van der Waals surface area contributed by atoms with Gasteiger partial charge in [0.25, 0.3) is 6.02 Å². The Morgan fingerprint density at radius 3 is 2.62 bits per heavy atom. The maximum Gasteiger partial charge on any atom is 0.282 e. The van der Waals surface area contributed by atoms with Gasteiger partial charge in [0.1, 0.15) is 12.4 Å². The van der Waals surface area contributed by atoms with Gasteiger partial charge < -0.3 is 15.2 Å². The smallest absolute Gasteiger partial charge is 0.282 e. The van der Waals surface area contributed by atoms with Crippen molar-refractivity contribution in [3.63, 3.8) is 0 Å². The highest BCUT2D eigenvalue weighted by Crippen LogP contribution is 2.17. The summed E-state index contributed by atoms with van der Waals surface area (Å²) in [5, 5.41) is 0. The summed E-state index contributed by atoms with van der Waals surface area (Å²) in [6.07, 6.45) is -0.0548. The lowest BCUT2D eigenvalue weighted by atomic mass is 10.1. The van der Waals surface area contributed by atoms with Crippen LogP contribution in [-0.4, -0.2) is 25.3 Å². The first kappa shape index (κ1) is 10.8. The largest absolute Gasteiger partial charge is 0.490 e. The molecular weight excluding hydrogens is 204 g/mol. The van der Waals surface area contributed by atoms with E-state index in [1.165, 1.54) is 11.1 Å². The average Bonchev–Trinajstić information content (AvgIpc) is 2.60. The third-order valence-electron chi connectivity index (χ3n) is 2.37. The average molecular weight is 220 g/mol. The molecule has 86 valence electrons. The molecule has 0 spiro atoms. The second-order valence-corrected chi connectivity index (χ2v) is 4.05. The minimum absolute atomic E-state index is 0.0548. The third kappa shape index (κ3) is 2.66. The third-order valence-corrected chi connectivity index (χ3v) is 2.37. The molecular formula is C12H16N2O2. The van der Waals surface area contributed by atoms with Crippen LogP contribution in [0, 0.1) is 13.8 Å². The molecule has 1 unspecified atom stereocenters. The van der Waals surface area contributed by atoms with Crippen LogP contribution >= 0.6 is 0 Å². The van der Waals surface area contributed by atoms with Crippen LogP contribution in [0.3, 0.4) is 0 Å². The number of amidine groups is 1. The Bertz CT molecular complexity index is 395. The second kappa shape index (κ2) is 4.43. The molecule has 1 aromatic rings. The SMILES string of the molecule is Cc1cc(C)cc(OCC2CN=C(N)O2)c1. The van der Waals surface area contributed by atoms with Gasteiger partial charge in [-0.2, -0.15) is 0 Å². The van der Waals surface area contributed by atoms with Crippen molar-refractivity contribution in [1.29, 1.82) is 0 Å². The quantitative estimate of drug-likeness (QED) is 0.837. The number of ether oxygens (including phenoxy) is 2. The number of aryl methyl sites for hydroxylation is 2. The predicted octanol–water partition coefficient (Wildman–Crippen LogP) is 1.40. The van der Waals surface area contributed by atoms with E-state index in [0.717, 1.165) is 5.75 Å². The van der Waals surface area contributed by atoms with Gasteiger partial charge in [-0.25, -0.2) is 4.99 Å². The number of nitrogens with two attached hydrogens (primary N) is 1. The van der Waals surface area contributed by atoms with Crippen LogP contribution in [0.5, 0.6) is 5.75 Å². The number of rotatable bonds is 3. The fourth-order valence-corrected chi connectivity index (χ4v) is 1.73. The van der Waals surface area contributed by atoms with Crippen molar-refractivity contribution in [2.45, 2.75) is 20.0 Å². The Kier molecular flexibility index (Phi) is 2.99. The van der Waals surface area contributed by atoms with Crippen LogP contribution in [0.15, 0.2) is 23.2 Å². The molecule has 0 aliphatic carbocycles. The summed E-state index contributed by atoms with van der Waals surface area (Å²) in [7, 11) is 0. The first-order chi connectivity index (χ1) is 7.63. The number of nitrogens with zero attached hydrogens (tertiary/aromatic N) is 1. The van der Waals surface area contributed by atoms with Crippen molar-refractivity contribution in [2.24, 2.45) is 10.7 Å². The van der Waals surface area contributed by atoms with Crippen molar-refractivity contribution < 1.29 is 9.47 Å². The molecule has 0 bridgehead atoms. The van der Waals surface area contributed by atoms with Crippen molar-refractivity contribution in [3.05, 3.63) is 29.3 Å². The van der Waals surface area contributed by atoms with Crippen LogP contribution in [0.25, 0.3) is 0 Å². The molecule has 0 radical (unpaired) electrons. The van der Waals surface area contributed by atoms with Gasteiger partial charge in [-0.1, -0.05) is 6.07 Å². The summed E-state index contributed by atoms with van der Waals surface area (Å²) in [5.74, 6) is 0.867. The second-order valence-electron chi connectivity index (χ2n) is 4.05. The van der Waals surface area contributed by atoms with Crippen molar-refractivity contribution in [1.82, 2.24) is 0 Å². The molecule has 1 aromatic carbocycles. The van der Waals surface area contributed by atoms with Gasteiger partial charge in [0.05, 0.1) is 6.54 Å². The number of aliphatic imine (C=N–C) groups is 1. The topological polar surface area (TPSA) is 56.8 Å². The lowest BCUT2D eigenvalue weighted by Crippen LogP contribution is -2.24. The summed E-state index contributed by atoms with van der Waals surface area (Å²) < 4.78 is 10.9. The normalized spacial score (nSPS) is 19.1. The van der Waals surface area contributed by atoms with Crippen LogP contribution in [0.4, 0.5) is 0 Å². The van der Waals surface area contributed by atoms with Crippen LogP contribution in [0.1, 0.15) is 11.1 Å². The number of benzene rings is 1. The zero-order chi connectivity index (χ0) is 11.5. The van der Waals surface area contributed by atoms with E-state index in [4.69, 9.17) is 15.2 Å². The Morgan fingerprint density at radius 2 is 2.06 bits per heavy atom. The van der Waals surface area contributed by atoms with Crippen molar-refractivity contribution in [3.8, 4) is 5.75 Å². The summed E-state index contributed by atoms with van der Waals surface area (Å²) in [6, 6.07) is 6.38. The Labute approximate surface area is 95.1 Å². The van der Waals surface area contributed by atoms with Gasteiger partial charge in [0.15, 0.2) is 6.10 Å². The van der Waals surface area contributed by atoms with E-state index in [2.05, 4.69) is 11.1 Å².